The Morgan fingerprint density at radius 1 is 1.29 bits per heavy atom. The van der Waals surface area contributed by atoms with Gasteiger partial charge in [0.25, 0.3) is 0 Å². The fraction of sp³-hybridized carbons (Fsp3) is 0.917. The van der Waals surface area contributed by atoms with Gasteiger partial charge in [0.05, 0.1) is 12.5 Å². The average Bonchev–Trinajstić information content (AvgIpc) is 2.11. The van der Waals surface area contributed by atoms with E-state index < -0.39 is 0 Å². The topological polar surface area (TPSA) is 26.3 Å². The summed E-state index contributed by atoms with van der Waals surface area (Å²) in [5.41, 5.74) is 0. The molecule has 1 fully saturated rings. The molecule has 0 radical (unpaired) electrons. The van der Waals surface area contributed by atoms with Crippen LogP contribution in [0.25, 0.3) is 0 Å². The van der Waals surface area contributed by atoms with E-state index in [-0.39, 0.29) is 11.9 Å². The minimum Gasteiger partial charge on any atom is -0.466 e. The highest BCUT2D eigenvalue weighted by Gasteiger charge is 2.23. The van der Waals surface area contributed by atoms with Crippen LogP contribution in [0.3, 0.4) is 0 Å². The van der Waals surface area contributed by atoms with Crippen molar-refractivity contribution in [3.05, 3.63) is 0 Å². The fourth-order valence-electron chi connectivity index (χ4n) is 2.26. The summed E-state index contributed by atoms with van der Waals surface area (Å²) in [6.07, 6.45) is 7.13. The standard InChI is InChI=1S/C12H22O2/c1-3-14-12(13)11-8-6-4-5-7-10(2)9-11/h10-11H,3-9H2,1-2H3. The molecule has 1 aliphatic carbocycles. The van der Waals surface area contributed by atoms with E-state index >= 15 is 0 Å². The third-order valence-corrected chi connectivity index (χ3v) is 3.06. The molecule has 1 saturated carbocycles. The molecule has 2 nitrogen and oxygen atoms in total. The van der Waals surface area contributed by atoms with Crippen LogP contribution in [0.5, 0.6) is 0 Å². The maximum absolute atomic E-state index is 11.6. The van der Waals surface area contributed by atoms with Crippen molar-refractivity contribution < 1.29 is 9.53 Å². The number of carbonyl (C=O) groups excluding carboxylic acids is 1. The summed E-state index contributed by atoms with van der Waals surface area (Å²) in [6, 6.07) is 0. The Bertz CT molecular complexity index is 177. The van der Waals surface area contributed by atoms with Gasteiger partial charge < -0.3 is 4.74 Å². The highest BCUT2D eigenvalue weighted by Crippen LogP contribution is 2.27. The first-order chi connectivity index (χ1) is 6.74. The first-order valence-electron chi connectivity index (χ1n) is 5.90. The van der Waals surface area contributed by atoms with Gasteiger partial charge >= 0.3 is 5.97 Å². The van der Waals surface area contributed by atoms with Crippen LogP contribution in [0.2, 0.25) is 0 Å². The summed E-state index contributed by atoms with van der Waals surface area (Å²) >= 11 is 0. The molecular formula is C12H22O2. The summed E-state index contributed by atoms with van der Waals surface area (Å²) in [4.78, 5) is 11.6. The number of hydrogen-bond donors (Lipinski definition) is 0. The second-order valence-electron chi connectivity index (χ2n) is 4.43. The van der Waals surface area contributed by atoms with Crippen LogP contribution in [0.4, 0.5) is 0 Å². The summed E-state index contributed by atoms with van der Waals surface area (Å²) in [5.74, 6) is 0.885. The number of carbonyl (C=O) groups is 1. The van der Waals surface area contributed by atoms with Crippen molar-refractivity contribution >= 4 is 5.97 Å². The Balaban J connectivity index is 2.43. The van der Waals surface area contributed by atoms with Crippen LogP contribution in [-0.4, -0.2) is 12.6 Å². The van der Waals surface area contributed by atoms with Crippen LogP contribution in [0.1, 0.15) is 52.4 Å². The number of rotatable bonds is 2. The van der Waals surface area contributed by atoms with E-state index in [4.69, 9.17) is 4.74 Å². The minimum atomic E-state index is 0.0289. The van der Waals surface area contributed by atoms with Crippen LogP contribution in [-0.2, 0) is 9.53 Å². The van der Waals surface area contributed by atoms with Gasteiger partial charge in [0.15, 0.2) is 0 Å². The predicted molar refractivity (Wildman–Crippen MR) is 57.0 cm³/mol. The molecule has 1 aliphatic rings. The van der Waals surface area contributed by atoms with Crippen molar-refractivity contribution in [2.24, 2.45) is 11.8 Å². The van der Waals surface area contributed by atoms with E-state index in [0.29, 0.717) is 12.5 Å². The Hall–Kier alpha value is -0.530. The third kappa shape index (κ3) is 3.69. The first-order valence-corrected chi connectivity index (χ1v) is 5.90. The van der Waals surface area contributed by atoms with Crippen LogP contribution in [0, 0.1) is 11.8 Å². The van der Waals surface area contributed by atoms with Gasteiger partial charge in [0.2, 0.25) is 0 Å². The molecule has 0 saturated heterocycles. The molecule has 0 spiro atoms. The lowest BCUT2D eigenvalue weighted by molar-refractivity contribution is -0.149. The molecule has 2 atom stereocenters. The Morgan fingerprint density at radius 2 is 2.00 bits per heavy atom. The molecule has 82 valence electrons. The monoisotopic (exact) mass is 198 g/mol. The summed E-state index contributed by atoms with van der Waals surface area (Å²) in [5, 5.41) is 0. The third-order valence-electron chi connectivity index (χ3n) is 3.06. The second kappa shape index (κ2) is 6.05. The zero-order chi connectivity index (χ0) is 10.4. The molecule has 0 aromatic rings. The Labute approximate surface area is 87.0 Å². The molecule has 1 rings (SSSR count). The van der Waals surface area contributed by atoms with Crippen molar-refractivity contribution in [3.63, 3.8) is 0 Å². The molecule has 0 aromatic heterocycles. The molecular weight excluding hydrogens is 176 g/mol. The summed E-state index contributed by atoms with van der Waals surface area (Å²) in [7, 11) is 0. The van der Waals surface area contributed by atoms with E-state index in [1.165, 1.54) is 25.7 Å². The summed E-state index contributed by atoms with van der Waals surface area (Å²) in [6.45, 7) is 4.64. The molecule has 2 unspecified atom stereocenters. The highest BCUT2D eigenvalue weighted by molar-refractivity contribution is 5.72. The SMILES string of the molecule is CCOC(=O)C1CCCCCC(C)C1. The minimum absolute atomic E-state index is 0.0289. The Morgan fingerprint density at radius 3 is 2.71 bits per heavy atom. The van der Waals surface area contributed by atoms with E-state index in [1.54, 1.807) is 0 Å². The molecule has 14 heavy (non-hydrogen) atoms. The van der Waals surface area contributed by atoms with Crippen molar-refractivity contribution in [2.45, 2.75) is 52.4 Å². The van der Waals surface area contributed by atoms with Gasteiger partial charge in [-0.3, -0.25) is 4.79 Å². The largest absolute Gasteiger partial charge is 0.466 e. The van der Waals surface area contributed by atoms with Gasteiger partial charge in [0.1, 0.15) is 0 Å². The van der Waals surface area contributed by atoms with Crippen molar-refractivity contribution in [2.75, 3.05) is 6.61 Å². The lowest BCUT2D eigenvalue weighted by Gasteiger charge is -2.22. The predicted octanol–water partition coefficient (Wildman–Crippen LogP) is 3.16. The lowest BCUT2D eigenvalue weighted by Crippen LogP contribution is -2.21. The van der Waals surface area contributed by atoms with Gasteiger partial charge in [-0.1, -0.05) is 32.6 Å². The summed E-state index contributed by atoms with van der Waals surface area (Å²) < 4.78 is 5.09. The fourth-order valence-corrected chi connectivity index (χ4v) is 2.26. The smallest absolute Gasteiger partial charge is 0.308 e. The number of hydrogen-bond acceptors (Lipinski definition) is 2. The van der Waals surface area contributed by atoms with Crippen molar-refractivity contribution in [1.82, 2.24) is 0 Å². The van der Waals surface area contributed by atoms with Crippen LogP contribution < -0.4 is 0 Å². The van der Waals surface area contributed by atoms with E-state index in [1.807, 2.05) is 6.92 Å². The lowest BCUT2D eigenvalue weighted by atomic mass is 9.85. The molecule has 0 aliphatic heterocycles. The first kappa shape index (κ1) is 11.5. The van der Waals surface area contributed by atoms with Crippen molar-refractivity contribution in [3.8, 4) is 0 Å². The van der Waals surface area contributed by atoms with E-state index in [9.17, 15) is 4.79 Å². The van der Waals surface area contributed by atoms with Gasteiger partial charge in [-0.05, 0) is 25.7 Å². The van der Waals surface area contributed by atoms with Gasteiger partial charge in [0, 0.05) is 0 Å². The highest BCUT2D eigenvalue weighted by atomic mass is 16.5. The van der Waals surface area contributed by atoms with Gasteiger partial charge in [-0.15, -0.1) is 0 Å². The zero-order valence-electron chi connectivity index (χ0n) is 9.42. The maximum atomic E-state index is 11.6. The van der Waals surface area contributed by atoms with Crippen LogP contribution in [0.15, 0.2) is 0 Å². The average molecular weight is 198 g/mol. The number of ether oxygens (including phenoxy) is 1. The van der Waals surface area contributed by atoms with E-state index in [0.717, 1.165) is 12.8 Å². The Kier molecular flexibility index (Phi) is 4.99. The second-order valence-corrected chi connectivity index (χ2v) is 4.43. The normalized spacial score (nSPS) is 29.0. The van der Waals surface area contributed by atoms with Crippen LogP contribution >= 0.6 is 0 Å². The van der Waals surface area contributed by atoms with Crippen molar-refractivity contribution in [1.29, 1.82) is 0 Å². The zero-order valence-corrected chi connectivity index (χ0v) is 9.42. The molecule has 0 aromatic carbocycles. The maximum Gasteiger partial charge on any atom is 0.308 e. The van der Waals surface area contributed by atoms with Gasteiger partial charge in [-0.2, -0.15) is 0 Å². The molecule has 0 N–H and O–H groups in total. The molecule has 0 heterocycles. The molecule has 0 bridgehead atoms. The molecule has 2 heteroatoms. The van der Waals surface area contributed by atoms with Gasteiger partial charge in [-0.25, -0.2) is 0 Å². The number of esters is 1. The molecule has 0 amide bonds. The quantitative estimate of drug-likeness (QED) is 0.637. The van der Waals surface area contributed by atoms with E-state index in [2.05, 4.69) is 6.92 Å².